The van der Waals surface area contributed by atoms with Gasteiger partial charge in [0.05, 0.1) is 15.0 Å². The number of nitrogens with one attached hydrogen (secondary N) is 3. The van der Waals surface area contributed by atoms with Crippen molar-refractivity contribution in [2.24, 2.45) is 11.7 Å². The number of hydrogen-bond acceptors (Lipinski definition) is 9. The predicted molar refractivity (Wildman–Crippen MR) is 225 cm³/mol. The summed E-state index contributed by atoms with van der Waals surface area (Å²) in [5.41, 5.74) is 9.91. The van der Waals surface area contributed by atoms with E-state index in [0.29, 0.717) is 34.4 Å². The van der Waals surface area contributed by atoms with Gasteiger partial charge in [-0.2, -0.15) is 0 Å². The first-order valence-corrected chi connectivity index (χ1v) is 20.9. The van der Waals surface area contributed by atoms with E-state index in [2.05, 4.69) is 57.4 Å². The highest BCUT2D eigenvalue weighted by atomic mass is 79.9. The third kappa shape index (κ3) is 10.7. The molecule has 7 rings (SSSR count). The second-order valence-electron chi connectivity index (χ2n) is 14.8. The van der Waals surface area contributed by atoms with Gasteiger partial charge in [0.1, 0.15) is 11.8 Å². The van der Waals surface area contributed by atoms with Gasteiger partial charge in [0, 0.05) is 68.4 Å². The zero-order valence-electron chi connectivity index (χ0n) is 31.3. The Hall–Kier alpha value is -4.31. The first-order chi connectivity index (χ1) is 27.1. The number of pyridine rings is 2. The number of phenols is 1. The molecule has 3 fully saturated rings. The van der Waals surface area contributed by atoms with Crippen LogP contribution in [0.5, 0.6) is 5.75 Å². The van der Waals surface area contributed by atoms with Crippen molar-refractivity contribution in [3.8, 4) is 5.75 Å². The van der Waals surface area contributed by atoms with E-state index < -0.39 is 12.1 Å². The molecule has 3 aliphatic rings. The fourth-order valence-corrected chi connectivity index (χ4v) is 9.06. The Kier molecular flexibility index (Phi) is 14.5. The number of H-pyrrole nitrogens is 1. The second-order valence-corrected chi connectivity index (χ2v) is 16.5. The molecule has 6 N–H and O–H groups in total. The first-order valence-electron chi connectivity index (χ1n) is 19.3. The number of aromatic hydroxyl groups is 1. The SMILES string of the molecule is NC(Cc1cc(Br)c(O)c(Br)c1)C(=O)NC(CC1CCNCC1)C(=O)N1CCN(c2ccncc2)CC1.O=CN1CCC(c2cc3ccccc3[nH]c2=O)CC1. The number of carbonyl (C=O) groups is 3. The number of para-hydroxylation sites is 1. The maximum Gasteiger partial charge on any atom is 0.251 e. The third-order valence-electron chi connectivity index (χ3n) is 11.0. The Bertz CT molecular complexity index is 1990. The number of hydrogen-bond donors (Lipinski definition) is 5. The zero-order chi connectivity index (χ0) is 39.6. The molecule has 3 amide bonds. The monoisotopic (exact) mass is 892 g/mol. The summed E-state index contributed by atoms with van der Waals surface area (Å²) in [5, 5.41) is 17.4. The highest BCUT2D eigenvalue weighted by Crippen LogP contribution is 2.34. The summed E-state index contributed by atoms with van der Waals surface area (Å²) in [6.45, 7) is 5.98. The van der Waals surface area contributed by atoms with Crippen LogP contribution in [0.2, 0.25) is 0 Å². The number of aromatic amines is 1. The first kappa shape index (κ1) is 41.3. The predicted octanol–water partition coefficient (Wildman–Crippen LogP) is 4.27. The minimum atomic E-state index is -0.824. The van der Waals surface area contributed by atoms with Crippen LogP contribution in [0.3, 0.4) is 0 Å². The van der Waals surface area contributed by atoms with E-state index in [1.165, 1.54) is 0 Å². The van der Waals surface area contributed by atoms with Crippen molar-refractivity contribution >= 4 is 66.7 Å². The van der Waals surface area contributed by atoms with Gasteiger partial charge in [-0.05, 0) is 143 Å². The Labute approximate surface area is 343 Å². The minimum Gasteiger partial charge on any atom is -0.506 e. The molecule has 3 saturated heterocycles. The highest BCUT2D eigenvalue weighted by Gasteiger charge is 2.32. The number of phenolic OH excluding ortho intramolecular Hbond substituents is 1. The van der Waals surface area contributed by atoms with Crippen LogP contribution < -0.4 is 26.8 Å². The Morgan fingerprint density at radius 1 is 0.946 bits per heavy atom. The number of piperazine rings is 1. The maximum absolute atomic E-state index is 13.6. The number of piperidine rings is 2. The molecule has 56 heavy (non-hydrogen) atoms. The van der Waals surface area contributed by atoms with Crippen LogP contribution in [0.4, 0.5) is 5.69 Å². The number of fused-ring (bicyclic) bond motifs is 1. The fourth-order valence-electron chi connectivity index (χ4n) is 7.78. The van der Waals surface area contributed by atoms with E-state index in [9.17, 15) is 24.3 Å². The number of benzene rings is 2. The van der Waals surface area contributed by atoms with Crippen molar-refractivity contribution in [2.45, 2.75) is 56.5 Å². The number of nitrogens with zero attached hydrogens (tertiary/aromatic N) is 4. The summed E-state index contributed by atoms with van der Waals surface area (Å²) in [4.78, 5) is 62.5. The van der Waals surface area contributed by atoms with Gasteiger partial charge in [0.25, 0.3) is 5.56 Å². The van der Waals surface area contributed by atoms with E-state index in [1.54, 1.807) is 29.4 Å². The minimum absolute atomic E-state index is 0.00301. The Morgan fingerprint density at radius 2 is 1.61 bits per heavy atom. The molecular formula is C41H50Br2N8O5. The number of anilines is 1. The zero-order valence-corrected chi connectivity index (χ0v) is 34.5. The molecule has 2 unspecified atom stereocenters. The fraction of sp³-hybridized carbons (Fsp3) is 0.439. The average molecular weight is 895 g/mol. The third-order valence-corrected chi connectivity index (χ3v) is 12.2. The van der Waals surface area contributed by atoms with Gasteiger partial charge in [-0.15, -0.1) is 0 Å². The van der Waals surface area contributed by atoms with Gasteiger partial charge >= 0.3 is 0 Å². The lowest BCUT2D eigenvalue weighted by atomic mass is 9.90. The highest BCUT2D eigenvalue weighted by molar-refractivity contribution is 9.11. The molecule has 0 bridgehead atoms. The molecule has 4 aromatic rings. The number of likely N-dealkylation sites (tertiary alicyclic amines) is 1. The lowest BCUT2D eigenvalue weighted by Crippen LogP contribution is -2.57. The molecule has 2 atom stereocenters. The summed E-state index contributed by atoms with van der Waals surface area (Å²) in [5.74, 6) is 0.337. The van der Waals surface area contributed by atoms with Crippen molar-refractivity contribution in [1.82, 2.24) is 30.4 Å². The summed E-state index contributed by atoms with van der Waals surface area (Å²) < 4.78 is 1.05. The normalized spacial score (nSPS) is 17.8. The van der Waals surface area contributed by atoms with E-state index in [-0.39, 0.29) is 35.5 Å². The van der Waals surface area contributed by atoms with Crippen molar-refractivity contribution in [3.63, 3.8) is 0 Å². The van der Waals surface area contributed by atoms with Crippen LogP contribution in [0, 0.1) is 5.92 Å². The van der Waals surface area contributed by atoms with Crippen molar-refractivity contribution in [1.29, 1.82) is 0 Å². The lowest BCUT2D eigenvalue weighted by molar-refractivity contribution is -0.137. The molecule has 0 saturated carbocycles. The Morgan fingerprint density at radius 3 is 2.27 bits per heavy atom. The van der Waals surface area contributed by atoms with E-state index in [4.69, 9.17) is 5.73 Å². The van der Waals surface area contributed by atoms with Crippen molar-refractivity contribution in [2.75, 3.05) is 57.3 Å². The molecule has 0 spiro atoms. The summed E-state index contributed by atoms with van der Waals surface area (Å²) in [7, 11) is 0. The average Bonchev–Trinajstić information content (AvgIpc) is 3.23. The van der Waals surface area contributed by atoms with E-state index >= 15 is 0 Å². The summed E-state index contributed by atoms with van der Waals surface area (Å²) >= 11 is 6.64. The molecule has 2 aromatic heterocycles. The number of rotatable bonds is 10. The maximum atomic E-state index is 13.6. The van der Waals surface area contributed by atoms with Gasteiger partial charge in [0.15, 0.2) is 0 Å². The molecule has 5 heterocycles. The number of aromatic nitrogens is 2. The molecule has 0 radical (unpaired) electrons. The molecule has 0 aliphatic carbocycles. The van der Waals surface area contributed by atoms with Gasteiger partial charge in [0.2, 0.25) is 18.2 Å². The van der Waals surface area contributed by atoms with Crippen LogP contribution in [-0.2, 0) is 20.8 Å². The molecule has 15 heteroatoms. The Balaban J connectivity index is 0.000000233. The molecule has 3 aliphatic heterocycles. The smallest absolute Gasteiger partial charge is 0.251 e. The van der Waals surface area contributed by atoms with E-state index in [1.807, 2.05) is 47.4 Å². The molecular weight excluding hydrogens is 844 g/mol. The molecule has 2 aromatic carbocycles. The molecule has 298 valence electrons. The van der Waals surface area contributed by atoms with Crippen LogP contribution in [0.15, 0.2) is 80.7 Å². The van der Waals surface area contributed by atoms with E-state index in [0.717, 1.165) is 99.1 Å². The molecule has 13 nitrogen and oxygen atoms in total. The van der Waals surface area contributed by atoms with Crippen LogP contribution >= 0.6 is 31.9 Å². The van der Waals surface area contributed by atoms with Crippen molar-refractivity contribution < 1.29 is 19.5 Å². The summed E-state index contributed by atoms with van der Waals surface area (Å²) in [6.07, 6.45) is 9.02. The van der Waals surface area contributed by atoms with Gasteiger partial charge in [-0.1, -0.05) is 18.2 Å². The largest absolute Gasteiger partial charge is 0.506 e. The topological polar surface area (TPSA) is 177 Å². The standard InChI is InChI=1S/C26H34Br2N6O3.C15H16N2O2/c27-20-13-18(14-21(28)24(20)35)15-22(29)25(36)32-23(16-17-1-5-30-6-2-17)26(37)34-11-9-33(10-12-34)19-3-7-31-8-4-19;18-10-17-7-5-11(6-8-17)13-9-12-3-1-2-4-14(12)16-15(13)19/h3-4,7-8,13-14,17,22-23,30,35H,1-2,5-6,9-12,15-16,29H2,(H,32,36);1-4,9-11H,5-8H2,(H,16,19). The van der Waals surface area contributed by atoms with Crippen LogP contribution in [0.1, 0.15) is 49.1 Å². The summed E-state index contributed by atoms with van der Waals surface area (Å²) in [6, 6.07) is 15.8. The lowest BCUT2D eigenvalue weighted by Gasteiger charge is -2.38. The number of carbonyl (C=O) groups excluding carboxylic acids is 3. The second kappa shape index (κ2) is 19.7. The number of amides is 3. The van der Waals surface area contributed by atoms with Gasteiger partial charge < -0.3 is 41.2 Å². The van der Waals surface area contributed by atoms with Crippen LogP contribution in [-0.4, -0.2) is 108 Å². The number of nitrogens with two attached hydrogens (primary N) is 1. The quantitative estimate of drug-likeness (QED) is 0.146. The van der Waals surface area contributed by atoms with Crippen LogP contribution in [0.25, 0.3) is 10.9 Å². The number of halogens is 2. The van der Waals surface area contributed by atoms with Gasteiger partial charge in [-0.25, -0.2) is 0 Å². The van der Waals surface area contributed by atoms with Gasteiger partial charge in [-0.3, -0.25) is 24.2 Å². The van der Waals surface area contributed by atoms with Crippen molar-refractivity contribution in [3.05, 3.63) is 97.4 Å².